The molecule has 0 spiro atoms. The van der Waals surface area contributed by atoms with E-state index in [1.165, 1.54) is 11.3 Å². The summed E-state index contributed by atoms with van der Waals surface area (Å²) in [5, 5.41) is 22.8. The molecule has 1 aliphatic heterocycles. The summed E-state index contributed by atoms with van der Waals surface area (Å²) >= 11 is 1.33. The summed E-state index contributed by atoms with van der Waals surface area (Å²) in [6.07, 6.45) is 7.80. The van der Waals surface area contributed by atoms with Crippen molar-refractivity contribution in [1.82, 2.24) is 29.6 Å². The van der Waals surface area contributed by atoms with Gasteiger partial charge in [-0.1, -0.05) is 11.3 Å². The zero-order valence-corrected chi connectivity index (χ0v) is 20.6. The van der Waals surface area contributed by atoms with E-state index in [9.17, 15) is 18.1 Å². The van der Waals surface area contributed by atoms with Crippen LogP contribution in [0.2, 0.25) is 0 Å². The average Bonchev–Trinajstić information content (AvgIpc) is 3.81. The maximum absolute atomic E-state index is 13.6. The number of piperidine rings is 1. The predicted molar refractivity (Wildman–Crippen MR) is 126 cm³/mol. The number of aromatic nitrogens is 4. The molecule has 35 heavy (non-hydrogen) atoms. The molecule has 2 atom stereocenters. The fourth-order valence-electron chi connectivity index (χ4n) is 5.55. The lowest BCUT2D eigenvalue weighted by atomic mass is 9.87. The van der Waals surface area contributed by atoms with Crippen LogP contribution in [0.4, 0.5) is 4.39 Å². The first-order chi connectivity index (χ1) is 16.8. The summed E-state index contributed by atoms with van der Waals surface area (Å²) < 4.78 is 44.8. The Balaban J connectivity index is 1.38. The number of imidazole rings is 1. The molecule has 2 N–H and O–H groups in total. The highest BCUT2D eigenvalue weighted by molar-refractivity contribution is 7.89. The number of hydrogen-bond donors (Lipinski definition) is 2. The van der Waals surface area contributed by atoms with E-state index < -0.39 is 27.7 Å². The third-order valence-electron chi connectivity index (χ3n) is 8.28. The molecule has 3 saturated carbocycles. The van der Waals surface area contributed by atoms with Crippen molar-refractivity contribution in [3.05, 3.63) is 29.0 Å². The molecule has 0 amide bonds. The molecule has 0 aromatic carbocycles. The summed E-state index contributed by atoms with van der Waals surface area (Å²) in [4.78, 5) is 4.74. The maximum Gasteiger partial charge on any atom is 0.242 e. The molecule has 182 valence electrons. The molecule has 4 heterocycles. The molecule has 4 fully saturated rings. The van der Waals surface area contributed by atoms with Crippen LogP contribution in [0.5, 0.6) is 0 Å². The third kappa shape index (κ3) is 3.21. The first-order valence-corrected chi connectivity index (χ1v) is 14.2. The summed E-state index contributed by atoms with van der Waals surface area (Å²) in [7, 11) is -3.95. The van der Waals surface area contributed by atoms with Crippen molar-refractivity contribution in [2.75, 3.05) is 19.8 Å². The van der Waals surface area contributed by atoms with E-state index >= 15 is 0 Å². The quantitative estimate of drug-likeness (QED) is 0.497. The molecule has 7 rings (SSSR count). The summed E-state index contributed by atoms with van der Waals surface area (Å²) in [6, 6.07) is 4.11. The Morgan fingerprint density at radius 1 is 1.29 bits per heavy atom. The van der Waals surface area contributed by atoms with Crippen LogP contribution in [0.25, 0.3) is 16.3 Å². The monoisotopic (exact) mass is 513 g/mol. The molecule has 3 aliphatic carbocycles. The van der Waals surface area contributed by atoms with Gasteiger partial charge in [-0.05, 0) is 69.2 Å². The molecular formula is C23H24FN7O2S2. The first kappa shape index (κ1) is 21.8. The molecule has 1 saturated heterocycles. The lowest BCUT2D eigenvalue weighted by molar-refractivity contribution is 0.393. The zero-order chi connectivity index (χ0) is 24.1. The second-order valence-electron chi connectivity index (χ2n) is 10.6. The first-order valence-electron chi connectivity index (χ1n) is 11.9. The normalized spacial score (nSPS) is 27.8. The molecule has 9 nitrogen and oxygen atoms in total. The molecule has 0 unspecified atom stereocenters. The minimum atomic E-state index is -3.95. The Morgan fingerprint density at radius 3 is 2.80 bits per heavy atom. The Labute approximate surface area is 205 Å². The van der Waals surface area contributed by atoms with Gasteiger partial charge in [-0.15, -0.1) is 10.2 Å². The van der Waals surface area contributed by atoms with Crippen LogP contribution < -0.4 is 10.0 Å². The van der Waals surface area contributed by atoms with Crippen LogP contribution in [0.3, 0.4) is 0 Å². The van der Waals surface area contributed by atoms with Gasteiger partial charge in [0.15, 0.2) is 10.8 Å². The fourth-order valence-corrected chi connectivity index (χ4v) is 8.04. The van der Waals surface area contributed by atoms with E-state index in [0.29, 0.717) is 34.6 Å². The second kappa shape index (κ2) is 7.06. The SMILES string of the molecule is N#CC1(c2nnc(-c3ncc4c([C@@]56CCNC[C@@H]5C6)cc(S(=O)(=O)NC5(CF)CC5)cn34)s2)CC1. The number of alkyl halides is 1. The largest absolute Gasteiger partial charge is 0.316 e. The average molecular weight is 514 g/mol. The third-order valence-corrected chi connectivity index (χ3v) is 11.0. The standard InChI is InChI=1S/C23H24FN7O2S2/c24-12-22(3-4-22)30-35(32,33)15-7-16(23-5-6-26-9-14(23)8-23)17-10-27-18(31(17)11-15)19-28-29-20(34-19)21(13-25)1-2-21/h7,10-11,14,26,30H,1-6,8-9,12H2/t14-,23+/m0/s1. The van der Waals surface area contributed by atoms with E-state index in [-0.39, 0.29) is 10.3 Å². The van der Waals surface area contributed by atoms with Gasteiger partial charge in [-0.25, -0.2) is 22.5 Å². The van der Waals surface area contributed by atoms with E-state index in [1.54, 1.807) is 22.9 Å². The Bertz CT molecular complexity index is 1520. The van der Waals surface area contributed by atoms with Gasteiger partial charge >= 0.3 is 0 Å². The van der Waals surface area contributed by atoms with Crippen LogP contribution in [-0.2, 0) is 20.9 Å². The number of fused-ring (bicyclic) bond motifs is 2. The van der Waals surface area contributed by atoms with Gasteiger partial charge in [0.1, 0.15) is 17.1 Å². The second-order valence-corrected chi connectivity index (χ2v) is 13.2. The topological polar surface area (TPSA) is 125 Å². The zero-order valence-electron chi connectivity index (χ0n) is 18.9. The molecule has 3 aromatic heterocycles. The lowest BCUT2D eigenvalue weighted by Crippen LogP contribution is -2.38. The van der Waals surface area contributed by atoms with Crippen LogP contribution in [0.15, 0.2) is 23.4 Å². The number of nitrogens with zero attached hydrogens (tertiary/aromatic N) is 5. The Kier molecular flexibility index (Phi) is 4.40. The van der Waals surface area contributed by atoms with Crippen molar-refractivity contribution in [3.8, 4) is 16.9 Å². The van der Waals surface area contributed by atoms with Crippen molar-refractivity contribution in [2.45, 2.75) is 59.8 Å². The molecule has 4 aliphatic rings. The lowest BCUT2D eigenvalue weighted by Gasteiger charge is -2.25. The highest BCUT2D eigenvalue weighted by Crippen LogP contribution is 2.59. The highest BCUT2D eigenvalue weighted by Gasteiger charge is 2.57. The van der Waals surface area contributed by atoms with Crippen molar-refractivity contribution in [2.24, 2.45) is 5.92 Å². The molecule has 3 aromatic rings. The number of nitriles is 1. The fraction of sp³-hybridized carbons (Fsp3) is 0.565. The molecule has 12 heteroatoms. The van der Waals surface area contributed by atoms with E-state index in [4.69, 9.17) is 0 Å². The molecular weight excluding hydrogens is 489 g/mol. The highest BCUT2D eigenvalue weighted by atomic mass is 32.2. The maximum atomic E-state index is 13.6. The van der Waals surface area contributed by atoms with Gasteiger partial charge in [0, 0.05) is 11.6 Å². The van der Waals surface area contributed by atoms with Gasteiger partial charge in [0.05, 0.1) is 28.2 Å². The predicted octanol–water partition coefficient (Wildman–Crippen LogP) is 2.44. The van der Waals surface area contributed by atoms with Gasteiger partial charge in [0.2, 0.25) is 10.0 Å². The van der Waals surface area contributed by atoms with Gasteiger partial charge in [-0.2, -0.15) is 5.26 Å². The van der Waals surface area contributed by atoms with Gasteiger partial charge in [0.25, 0.3) is 0 Å². The Hall–Kier alpha value is -2.46. The van der Waals surface area contributed by atoms with Crippen molar-refractivity contribution in [1.29, 1.82) is 5.26 Å². The van der Waals surface area contributed by atoms with Gasteiger partial charge < -0.3 is 5.32 Å². The summed E-state index contributed by atoms with van der Waals surface area (Å²) in [5.41, 5.74) is 0.208. The van der Waals surface area contributed by atoms with Crippen molar-refractivity contribution in [3.63, 3.8) is 0 Å². The summed E-state index contributed by atoms with van der Waals surface area (Å²) in [5.74, 6) is 0.952. The van der Waals surface area contributed by atoms with Crippen molar-refractivity contribution >= 4 is 26.9 Å². The van der Waals surface area contributed by atoms with Crippen LogP contribution in [-0.4, -0.2) is 53.3 Å². The number of sulfonamides is 1. The van der Waals surface area contributed by atoms with Crippen LogP contribution >= 0.6 is 11.3 Å². The van der Waals surface area contributed by atoms with Crippen LogP contribution in [0.1, 0.15) is 49.1 Å². The van der Waals surface area contributed by atoms with E-state index in [2.05, 4.69) is 31.3 Å². The van der Waals surface area contributed by atoms with Crippen LogP contribution in [0, 0.1) is 17.2 Å². The number of halogens is 1. The number of nitrogens with one attached hydrogen (secondary N) is 2. The molecule has 0 radical (unpaired) electrons. The number of pyridine rings is 1. The van der Waals surface area contributed by atoms with E-state index in [0.717, 1.165) is 49.9 Å². The number of rotatable bonds is 7. The van der Waals surface area contributed by atoms with Gasteiger partial charge in [-0.3, -0.25) is 4.40 Å². The number of hydrogen-bond acceptors (Lipinski definition) is 8. The minimum Gasteiger partial charge on any atom is -0.316 e. The Morgan fingerprint density at radius 2 is 2.11 bits per heavy atom. The minimum absolute atomic E-state index is 0.0855. The smallest absolute Gasteiger partial charge is 0.242 e. The van der Waals surface area contributed by atoms with E-state index in [1.807, 2.05) is 0 Å². The van der Waals surface area contributed by atoms with Crippen molar-refractivity contribution < 1.29 is 12.8 Å². The molecule has 0 bridgehead atoms. The summed E-state index contributed by atoms with van der Waals surface area (Å²) in [6.45, 7) is 1.06.